The van der Waals surface area contributed by atoms with Crippen molar-refractivity contribution in [2.45, 2.75) is 58.8 Å². The minimum atomic E-state index is 0. The van der Waals surface area contributed by atoms with Crippen LogP contribution in [0.1, 0.15) is 44.7 Å². The molecule has 0 atom stereocenters. The smallest absolute Gasteiger partial charge is 0.191 e. The van der Waals surface area contributed by atoms with Crippen LogP contribution in [0.25, 0.3) is 0 Å². The van der Waals surface area contributed by atoms with Crippen LogP contribution in [-0.4, -0.2) is 61.6 Å². The average molecular weight is 487 g/mol. The van der Waals surface area contributed by atoms with Gasteiger partial charge in [-0.3, -0.25) is 0 Å². The van der Waals surface area contributed by atoms with Crippen molar-refractivity contribution in [2.24, 2.45) is 4.99 Å². The number of piperidine rings is 1. The van der Waals surface area contributed by atoms with Gasteiger partial charge in [0.15, 0.2) is 5.96 Å². The molecule has 0 unspecified atom stereocenters. The molecule has 0 aliphatic carbocycles. The first-order chi connectivity index (χ1) is 12.5. The molecule has 2 rings (SSSR count). The molecule has 1 aliphatic heterocycles. The van der Waals surface area contributed by atoms with Gasteiger partial charge in [-0.2, -0.15) is 0 Å². The van der Waals surface area contributed by atoms with Crippen molar-refractivity contribution in [3.63, 3.8) is 0 Å². The average Bonchev–Trinajstić information content (AvgIpc) is 2.60. The second-order valence-corrected chi connectivity index (χ2v) is 7.80. The van der Waals surface area contributed by atoms with Gasteiger partial charge in [-0.25, -0.2) is 4.99 Å². The maximum atomic E-state index is 4.82. The second-order valence-electron chi connectivity index (χ2n) is 7.80. The van der Waals surface area contributed by atoms with Crippen molar-refractivity contribution < 1.29 is 0 Å². The Morgan fingerprint density at radius 1 is 1.22 bits per heavy atom. The van der Waals surface area contributed by atoms with E-state index < -0.39 is 0 Å². The van der Waals surface area contributed by atoms with Crippen LogP contribution < -0.4 is 10.6 Å². The third kappa shape index (κ3) is 8.79. The molecule has 0 radical (unpaired) electrons. The van der Waals surface area contributed by atoms with Gasteiger partial charge in [0.05, 0.1) is 6.54 Å². The van der Waals surface area contributed by atoms with E-state index >= 15 is 0 Å². The number of aliphatic imine (C=N–C) groups is 1. The highest BCUT2D eigenvalue weighted by Crippen LogP contribution is 2.13. The van der Waals surface area contributed by atoms with Gasteiger partial charge < -0.3 is 20.4 Å². The Hall–Kier alpha value is -0.860. The highest BCUT2D eigenvalue weighted by atomic mass is 127. The highest BCUT2D eigenvalue weighted by Gasteiger charge is 2.21. The van der Waals surface area contributed by atoms with Crippen molar-refractivity contribution >= 4 is 29.9 Å². The zero-order chi connectivity index (χ0) is 18.9. The SMILES string of the molecule is CCNC(=NCc1cccc(CN(C)C)c1)NC1CCN(C(C)C)CC1.I. The van der Waals surface area contributed by atoms with E-state index in [1.54, 1.807) is 0 Å². The summed E-state index contributed by atoms with van der Waals surface area (Å²) in [4.78, 5) is 9.57. The summed E-state index contributed by atoms with van der Waals surface area (Å²) in [7, 11) is 4.20. The van der Waals surface area contributed by atoms with E-state index in [1.165, 1.54) is 37.1 Å². The van der Waals surface area contributed by atoms with Crippen molar-refractivity contribution in [1.29, 1.82) is 0 Å². The van der Waals surface area contributed by atoms with Gasteiger partial charge in [0, 0.05) is 38.3 Å². The summed E-state index contributed by atoms with van der Waals surface area (Å²) in [6, 6.07) is 9.89. The first kappa shape index (κ1) is 24.2. The standard InChI is InChI=1S/C21H37N5.HI/c1-6-22-21(24-20-10-12-26(13-11-20)17(2)3)23-15-18-8-7-9-19(14-18)16-25(4)5;/h7-9,14,17,20H,6,10-13,15-16H2,1-5H3,(H2,22,23,24);1H. The van der Waals surface area contributed by atoms with E-state index in [1.807, 2.05) is 0 Å². The van der Waals surface area contributed by atoms with E-state index in [9.17, 15) is 0 Å². The topological polar surface area (TPSA) is 42.9 Å². The minimum absolute atomic E-state index is 0. The van der Waals surface area contributed by atoms with Gasteiger partial charge in [-0.1, -0.05) is 24.3 Å². The number of nitrogens with one attached hydrogen (secondary N) is 2. The molecule has 6 heteroatoms. The van der Waals surface area contributed by atoms with Crippen LogP contribution >= 0.6 is 24.0 Å². The Kier molecular flexibility index (Phi) is 11.3. The van der Waals surface area contributed by atoms with Crippen LogP contribution in [0.4, 0.5) is 0 Å². The van der Waals surface area contributed by atoms with Gasteiger partial charge in [-0.05, 0) is 58.8 Å². The van der Waals surface area contributed by atoms with Gasteiger partial charge in [0.2, 0.25) is 0 Å². The van der Waals surface area contributed by atoms with Crippen molar-refractivity contribution in [3.8, 4) is 0 Å². The number of halogens is 1. The number of likely N-dealkylation sites (tertiary alicyclic amines) is 1. The molecule has 0 spiro atoms. The maximum absolute atomic E-state index is 4.82. The van der Waals surface area contributed by atoms with E-state index in [0.29, 0.717) is 18.6 Å². The normalized spacial score (nSPS) is 16.5. The first-order valence-electron chi connectivity index (χ1n) is 9.99. The van der Waals surface area contributed by atoms with Crippen LogP contribution in [0.15, 0.2) is 29.3 Å². The van der Waals surface area contributed by atoms with Crippen molar-refractivity contribution in [2.75, 3.05) is 33.7 Å². The van der Waals surface area contributed by atoms with Crippen LogP contribution in [0.3, 0.4) is 0 Å². The molecular formula is C21H38IN5. The fourth-order valence-electron chi connectivity index (χ4n) is 3.44. The van der Waals surface area contributed by atoms with Crippen molar-refractivity contribution in [1.82, 2.24) is 20.4 Å². The lowest BCUT2D eigenvalue weighted by Crippen LogP contribution is -2.49. The Balaban J connectivity index is 0.00000364. The van der Waals surface area contributed by atoms with Gasteiger partial charge in [-0.15, -0.1) is 24.0 Å². The number of rotatable bonds is 7. The number of nitrogens with zero attached hydrogens (tertiary/aromatic N) is 3. The van der Waals surface area contributed by atoms with Crippen LogP contribution in [-0.2, 0) is 13.1 Å². The molecule has 1 aromatic carbocycles. The Bertz CT molecular complexity index is 565. The molecule has 1 heterocycles. The molecule has 1 fully saturated rings. The lowest BCUT2D eigenvalue weighted by molar-refractivity contribution is 0.167. The van der Waals surface area contributed by atoms with Crippen LogP contribution in [0.2, 0.25) is 0 Å². The van der Waals surface area contributed by atoms with E-state index in [2.05, 4.69) is 79.6 Å². The number of guanidine groups is 1. The summed E-state index contributed by atoms with van der Waals surface area (Å²) >= 11 is 0. The number of hydrogen-bond acceptors (Lipinski definition) is 3. The molecule has 0 aromatic heterocycles. The summed E-state index contributed by atoms with van der Waals surface area (Å²) in [5.74, 6) is 0.938. The summed E-state index contributed by atoms with van der Waals surface area (Å²) < 4.78 is 0. The summed E-state index contributed by atoms with van der Waals surface area (Å²) in [5, 5.41) is 7.04. The number of benzene rings is 1. The zero-order valence-corrected chi connectivity index (χ0v) is 20.0. The summed E-state index contributed by atoms with van der Waals surface area (Å²) in [5.41, 5.74) is 2.60. The van der Waals surface area contributed by atoms with E-state index in [4.69, 9.17) is 4.99 Å². The molecule has 2 N–H and O–H groups in total. The first-order valence-corrected chi connectivity index (χ1v) is 9.99. The minimum Gasteiger partial charge on any atom is -0.357 e. The molecular weight excluding hydrogens is 449 g/mol. The monoisotopic (exact) mass is 487 g/mol. The predicted molar refractivity (Wildman–Crippen MR) is 127 cm³/mol. The summed E-state index contributed by atoms with van der Waals surface area (Å²) in [6.45, 7) is 11.6. The second kappa shape index (κ2) is 12.6. The molecule has 0 amide bonds. The van der Waals surface area contributed by atoms with E-state index in [-0.39, 0.29) is 24.0 Å². The molecule has 1 saturated heterocycles. The van der Waals surface area contributed by atoms with E-state index in [0.717, 1.165) is 19.0 Å². The van der Waals surface area contributed by atoms with Gasteiger partial charge in [0.25, 0.3) is 0 Å². The highest BCUT2D eigenvalue weighted by molar-refractivity contribution is 14.0. The Labute approximate surface area is 183 Å². The molecule has 0 bridgehead atoms. The van der Waals surface area contributed by atoms with Crippen LogP contribution in [0.5, 0.6) is 0 Å². The molecule has 154 valence electrons. The molecule has 1 aromatic rings. The van der Waals surface area contributed by atoms with Gasteiger partial charge in [0.1, 0.15) is 0 Å². The Morgan fingerprint density at radius 2 is 1.89 bits per heavy atom. The largest absolute Gasteiger partial charge is 0.357 e. The third-order valence-electron chi connectivity index (χ3n) is 4.85. The fourth-order valence-corrected chi connectivity index (χ4v) is 3.44. The fraction of sp³-hybridized carbons (Fsp3) is 0.667. The number of hydrogen-bond donors (Lipinski definition) is 2. The van der Waals surface area contributed by atoms with Crippen molar-refractivity contribution in [3.05, 3.63) is 35.4 Å². The molecule has 27 heavy (non-hydrogen) atoms. The molecule has 5 nitrogen and oxygen atoms in total. The van der Waals surface area contributed by atoms with Crippen LogP contribution in [0, 0.1) is 0 Å². The quantitative estimate of drug-likeness (QED) is 0.352. The molecule has 1 aliphatic rings. The van der Waals surface area contributed by atoms with Gasteiger partial charge >= 0.3 is 0 Å². The zero-order valence-electron chi connectivity index (χ0n) is 17.7. The summed E-state index contributed by atoms with van der Waals surface area (Å²) in [6.07, 6.45) is 2.36. The third-order valence-corrected chi connectivity index (χ3v) is 4.85. The lowest BCUT2D eigenvalue weighted by Gasteiger charge is -2.35. The Morgan fingerprint density at radius 3 is 2.48 bits per heavy atom. The molecule has 0 saturated carbocycles. The predicted octanol–water partition coefficient (Wildman–Crippen LogP) is 3.29. The lowest BCUT2D eigenvalue weighted by atomic mass is 10.0. The maximum Gasteiger partial charge on any atom is 0.191 e.